The highest BCUT2D eigenvalue weighted by Crippen LogP contribution is 2.56. The Hall–Kier alpha value is -5.00. The minimum atomic E-state index is -4.90. The normalized spacial score (nSPS) is 16.4. The predicted octanol–water partition coefficient (Wildman–Crippen LogP) is 8.34. The van der Waals surface area contributed by atoms with Gasteiger partial charge in [-0.05, 0) is 61.7 Å². The van der Waals surface area contributed by atoms with Crippen molar-refractivity contribution < 1.29 is 17.7 Å². The summed E-state index contributed by atoms with van der Waals surface area (Å²) in [5.41, 5.74) is 13.2. The zero-order valence-electron chi connectivity index (χ0n) is 30.0. The van der Waals surface area contributed by atoms with Crippen molar-refractivity contribution in [1.82, 2.24) is 4.58 Å². The van der Waals surface area contributed by atoms with Gasteiger partial charge in [-0.1, -0.05) is 36.4 Å². The molecule has 0 saturated carbocycles. The van der Waals surface area contributed by atoms with Gasteiger partial charge < -0.3 is 19.9 Å². The summed E-state index contributed by atoms with van der Waals surface area (Å²) in [6.45, 7) is 8.97. The smallest absolute Gasteiger partial charge is 0.212 e. The first kappa shape index (κ1) is 32.6. The third-order valence-corrected chi connectivity index (χ3v) is 15.1. The molecule has 2 N–H and O–H groups in total. The lowest BCUT2D eigenvalue weighted by Crippen LogP contribution is -2.46. The first-order valence-electron chi connectivity index (χ1n) is 17.5. The molecule has 10 rings (SSSR count). The van der Waals surface area contributed by atoms with Gasteiger partial charge >= 0.3 is 0 Å². The summed E-state index contributed by atoms with van der Waals surface area (Å²) in [6.07, 6.45) is 0. The fraction of sp³-hybridized carbons (Fsp3) is 0.186. The molecule has 3 aliphatic rings. The van der Waals surface area contributed by atoms with Crippen molar-refractivity contribution in [3.63, 3.8) is 0 Å². The maximum Gasteiger partial charge on any atom is 0.212 e. The molecular formula is C43H35N3O4S3. The quantitative estimate of drug-likeness (QED) is 0.108. The second-order valence-corrected chi connectivity index (χ2v) is 18.7. The highest BCUT2D eigenvalue weighted by atomic mass is 32.2. The van der Waals surface area contributed by atoms with Crippen LogP contribution in [0.15, 0.2) is 95.9 Å². The van der Waals surface area contributed by atoms with E-state index in [0.29, 0.717) is 33.5 Å². The van der Waals surface area contributed by atoms with Crippen molar-refractivity contribution in [2.24, 2.45) is 0 Å². The summed E-state index contributed by atoms with van der Waals surface area (Å²) in [6, 6.07) is 29.7. The Labute approximate surface area is 315 Å². The molecule has 0 saturated heterocycles. The largest absolute Gasteiger partial charge is 0.744 e. The molecule has 264 valence electrons. The van der Waals surface area contributed by atoms with Crippen LogP contribution in [0.5, 0.6) is 11.5 Å². The average molecular weight is 754 g/mol. The minimum Gasteiger partial charge on any atom is -0.744 e. The van der Waals surface area contributed by atoms with Crippen molar-refractivity contribution in [2.45, 2.75) is 43.7 Å². The van der Waals surface area contributed by atoms with Gasteiger partial charge in [0.2, 0.25) is 5.36 Å². The van der Waals surface area contributed by atoms with Crippen LogP contribution in [-0.2, 0) is 21.2 Å². The fourth-order valence-electron chi connectivity index (χ4n) is 8.75. The number of nitrogens with two attached hydrogens (primary N) is 1. The summed E-state index contributed by atoms with van der Waals surface area (Å²) < 4.78 is 50.6. The maximum atomic E-state index is 13.0. The third kappa shape index (κ3) is 4.35. The molecule has 7 nitrogen and oxygen atoms in total. The van der Waals surface area contributed by atoms with Crippen LogP contribution in [0.4, 0.5) is 11.4 Å². The minimum absolute atomic E-state index is 0.257. The van der Waals surface area contributed by atoms with Crippen LogP contribution < -0.4 is 30.5 Å². The number of hydrogen-bond donors (Lipinski definition) is 1. The van der Waals surface area contributed by atoms with Gasteiger partial charge in [-0.15, -0.1) is 22.7 Å². The molecule has 53 heavy (non-hydrogen) atoms. The highest BCUT2D eigenvalue weighted by Gasteiger charge is 2.43. The average Bonchev–Trinajstić information content (AvgIpc) is 3.71. The number of hydrogen-bond acceptors (Lipinski definition) is 8. The van der Waals surface area contributed by atoms with E-state index < -0.39 is 10.1 Å². The van der Waals surface area contributed by atoms with Gasteiger partial charge in [0, 0.05) is 96.6 Å². The fourth-order valence-corrected chi connectivity index (χ4v) is 12.2. The molecule has 10 heteroatoms. The Morgan fingerprint density at radius 2 is 1.40 bits per heavy atom. The van der Waals surface area contributed by atoms with E-state index in [1.165, 1.54) is 43.4 Å². The molecule has 0 spiro atoms. The van der Waals surface area contributed by atoms with Crippen molar-refractivity contribution in [3.8, 4) is 32.4 Å². The monoisotopic (exact) mass is 753 g/mol. The molecule has 5 aromatic carbocycles. The number of rotatable bonds is 2. The Kier molecular flexibility index (Phi) is 6.51. The van der Waals surface area contributed by atoms with Gasteiger partial charge in [0.05, 0.1) is 26.9 Å². The molecule has 0 bridgehead atoms. The van der Waals surface area contributed by atoms with Gasteiger partial charge in [-0.2, -0.15) is 0 Å². The number of nitrogens with zero attached hydrogens (tertiary/aromatic N) is 2. The van der Waals surface area contributed by atoms with Crippen molar-refractivity contribution >= 4 is 69.9 Å². The number of fused-ring (bicyclic) bond motifs is 12. The van der Waals surface area contributed by atoms with Crippen LogP contribution in [0.3, 0.4) is 0 Å². The first-order chi connectivity index (χ1) is 25.2. The van der Waals surface area contributed by atoms with E-state index in [1.54, 1.807) is 28.7 Å². The summed E-state index contributed by atoms with van der Waals surface area (Å²) in [5, 5.41) is 4.13. The van der Waals surface area contributed by atoms with Crippen LogP contribution in [-0.4, -0.2) is 27.1 Å². The standard InChI is InChI=1S/C43H35N3O4S3/c1-42(2)38-23-11-7-9-13-34(23)51-40(38)25-18-27-32(20-30(25)45(42)5)50-33-21-31-26(19-28(33)37(27)29-17-22(44)15-16-36(29)53(47,48)49)41-39(43(3,4)46(31)6)24-12-8-10-14-35(24)52-41/h7-21H,44H2,1-6H3. The summed E-state index contributed by atoms with van der Waals surface area (Å²) in [7, 11) is -0.681. The van der Waals surface area contributed by atoms with Crippen LogP contribution in [0.25, 0.3) is 46.6 Å². The Bertz CT molecular complexity index is 3060. The molecule has 0 unspecified atom stereocenters. The van der Waals surface area contributed by atoms with Gasteiger partial charge in [0.15, 0.2) is 5.54 Å². The third-order valence-electron chi connectivity index (χ3n) is 11.8. The predicted molar refractivity (Wildman–Crippen MR) is 216 cm³/mol. The number of anilines is 2. The van der Waals surface area contributed by atoms with E-state index in [2.05, 4.69) is 124 Å². The van der Waals surface area contributed by atoms with Crippen molar-refractivity contribution in [3.05, 3.63) is 124 Å². The highest BCUT2D eigenvalue weighted by molar-refractivity contribution is 7.85. The van der Waals surface area contributed by atoms with E-state index in [-0.39, 0.29) is 21.5 Å². The Morgan fingerprint density at radius 3 is 2.08 bits per heavy atom. The lowest BCUT2D eigenvalue weighted by Gasteiger charge is -2.43. The lowest BCUT2D eigenvalue weighted by atomic mass is 9.81. The van der Waals surface area contributed by atoms with Gasteiger partial charge in [-0.3, -0.25) is 0 Å². The summed E-state index contributed by atoms with van der Waals surface area (Å²) in [4.78, 5) is 4.29. The molecule has 0 atom stereocenters. The molecule has 5 heterocycles. The van der Waals surface area contributed by atoms with Gasteiger partial charge in [0.25, 0.3) is 0 Å². The van der Waals surface area contributed by atoms with Gasteiger partial charge in [0.1, 0.15) is 28.7 Å². The molecule has 7 aromatic rings. The second kappa shape index (κ2) is 10.6. The van der Waals surface area contributed by atoms with Crippen LogP contribution in [0.1, 0.15) is 49.9 Å². The molecule has 0 aliphatic carbocycles. The Morgan fingerprint density at radius 1 is 0.755 bits per heavy atom. The number of thiophene rings is 2. The zero-order chi connectivity index (χ0) is 36.9. The van der Waals surface area contributed by atoms with E-state index in [9.17, 15) is 13.0 Å². The van der Waals surface area contributed by atoms with Crippen molar-refractivity contribution in [2.75, 3.05) is 24.7 Å². The van der Waals surface area contributed by atoms with E-state index in [1.807, 2.05) is 0 Å². The number of benzene rings is 5. The first-order valence-corrected chi connectivity index (χ1v) is 20.5. The van der Waals surface area contributed by atoms with E-state index in [0.717, 1.165) is 31.9 Å². The van der Waals surface area contributed by atoms with E-state index in [4.69, 9.17) is 10.5 Å². The Balaban J connectivity index is 1.37. The summed E-state index contributed by atoms with van der Waals surface area (Å²) in [5.74, 6) is 1.16. The molecule has 2 aromatic heterocycles. The molecular weight excluding hydrogens is 719 g/mol. The molecule has 0 radical (unpaired) electrons. The number of ether oxygens (including phenoxy) is 1. The van der Waals surface area contributed by atoms with E-state index >= 15 is 0 Å². The zero-order valence-corrected chi connectivity index (χ0v) is 32.4. The lowest BCUT2D eigenvalue weighted by molar-refractivity contribution is 0.371. The molecule has 0 amide bonds. The van der Waals surface area contributed by atoms with Crippen LogP contribution in [0, 0.1) is 0 Å². The van der Waals surface area contributed by atoms with Crippen LogP contribution >= 0.6 is 22.7 Å². The SMILES string of the molecule is CN1c2cc3c(cc2-c2sc4ccccc4c2C1(C)C)C(c1cc(N)ccc1S(=O)(=O)[O-])=c1cc2c(cc1O3)=[N+](C)C(C)(C)c1c-2sc2ccccc12. The van der Waals surface area contributed by atoms with Gasteiger partial charge in [-0.25, -0.2) is 13.0 Å². The van der Waals surface area contributed by atoms with Crippen molar-refractivity contribution in [1.29, 1.82) is 0 Å². The molecule has 3 aliphatic heterocycles. The summed E-state index contributed by atoms with van der Waals surface area (Å²) >= 11 is 3.51. The number of nitrogen functional groups attached to an aromatic ring is 1. The molecule has 0 fully saturated rings. The van der Waals surface area contributed by atoms with Crippen LogP contribution in [0.2, 0.25) is 0 Å². The second-order valence-electron chi connectivity index (χ2n) is 15.3. The maximum absolute atomic E-state index is 13.0. The topological polar surface area (TPSA) is 98.7 Å².